The summed E-state index contributed by atoms with van der Waals surface area (Å²) in [4.78, 5) is 12.0. The van der Waals surface area contributed by atoms with Crippen LogP contribution in [0.3, 0.4) is 0 Å². The Kier molecular flexibility index (Phi) is 7.41. The number of aromatic nitrogens is 3. The molecular formula is C15H21N5O2S2. The summed E-state index contributed by atoms with van der Waals surface area (Å²) in [6, 6.07) is 10.1. The van der Waals surface area contributed by atoms with Gasteiger partial charge in [0.25, 0.3) is 0 Å². The number of nitrogens with one attached hydrogen (secondary N) is 1. The minimum atomic E-state index is -0.319. The lowest BCUT2D eigenvalue weighted by Gasteiger charge is -2.11. The smallest absolute Gasteiger partial charge is 0.233 e. The molecule has 1 amide bonds. The molecule has 0 unspecified atom stereocenters. The van der Waals surface area contributed by atoms with E-state index < -0.39 is 0 Å². The topological polar surface area (TPSA) is 95.1 Å². The first-order valence-corrected chi connectivity index (χ1v) is 9.29. The summed E-state index contributed by atoms with van der Waals surface area (Å²) in [6.45, 7) is 2.77. The fourth-order valence-electron chi connectivity index (χ4n) is 1.80. The highest BCUT2D eigenvalue weighted by Crippen LogP contribution is 2.26. The monoisotopic (exact) mass is 367 g/mol. The molecule has 3 N–H and O–H groups in total. The summed E-state index contributed by atoms with van der Waals surface area (Å²) < 4.78 is 6.33. The number of hydrogen-bond donors (Lipinski definition) is 2. The predicted molar refractivity (Wildman–Crippen MR) is 96.4 cm³/mol. The third-order valence-corrected chi connectivity index (χ3v) is 5.17. The zero-order valence-electron chi connectivity index (χ0n) is 13.6. The molecule has 0 saturated carbocycles. The van der Waals surface area contributed by atoms with Crippen molar-refractivity contribution in [3.05, 3.63) is 35.9 Å². The molecule has 2 aromatic rings. The third kappa shape index (κ3) is 5.43. The van der Waals surface area contributed by atoms with E-state index in [4.69, 9.17) is 10.6 Å². The first kappa shape index (κ1) is 18.6. The summed E-state index contributed by atoms with van der Waals surface area (Å²) in [5.74, 6) is 6.71. The van der Waals surface area contributed by atoms with E-state index in [0.717, 1.165) is 5.75 Å². The second-order valence-corrected chi connectivity index (χ2v) is 7.20. The standard InChI is InChI=1S/C15H21N5O2S2/c1-11(13(21)17-8-9-22-2)24-15-19-18-14(20(15)16)23-10-12-6-4-3-5-7-12/h3-7,11H,8-10,16H2,1-2H3,(H,17,21)/t11-/m1/s1. The van der Waals surface area contributed by atoms with Crippen LogP contribution in [-0.4, -0.2) is 46.3 Å². The number of amides is 1. The van der Waals surface area contributed by atoms with Crippen molar-refractivity contribution in [2.75, 3.05) is 26.1 Å². The third-order valence-electron chi connectivity index (χ3n) is 3.10. The maximum absolute atomic E-state index is 12.0. The van der Waals surface area contributed by atoms with Crippen LogP contribution in [-0.2, 0) is 15.3 Å². The van der Waals surface area contributed by atoms with Crippen LogP contribution in [0.4, 0.5) is 0 Å². The molecule has 0 fully saturated rings. The molecule has 7 nitrogen and oxygen atoms in total. The van der Waals surface area contributed by atoms with Crippen molar-refractivity contribution in [3.63, 3.8) is 0 Å². The van der Waals surface area contributed by atoms with Crippen LogP contribution in [0.15, 0.2) is 40.6 Å². The van der Waals surface area contributed by atoms with E-state index in [1.165, 1.54) is 33.8 Å². The number of nitrogens with zero attached hydrogens (tertiary/aromatic N) is 3. The van der Waals surface area contributed by atoms with Gasteiger partial charge in [-0.15, -0.1) is 10.2 Å². The van der Waals surface area contributed by atoms with Gasteiger partial charge in [0.15, 0.2) is 0 Å². The maximum atomic E-state index is 12.0. The lowest BCUT2D eigenvalue weighted by molar-refractivity contribution is -0.120. The number of nitrogens with two attached hydrogens (primary N) is 1. The van der Waals surface area contributed by atoms with Gasteiger partial charge in [-0.05, 0) is 12.5 Å². The van der Waals surface area contributed by atoms with Crippen LogP contribution in [0, 0.1) is 0 Å². The highest BCUT2D eigenvalue weighted by atomic mass is 32.2. The zero-order valence-corrected chi connectivity index (χ0v) is 15.3. The second kappa shape index (κ2) is 9.55. The first-order chi connectivity index (χ1) is 11.6. The van der Waals surface area contributed by atoms with E-state index in [2.05, 4.69) is 15.5 Å². The van der Waals surface area contributed by atoms with Gasteiger partial charge in [-0.1, -0.05) is 53.9 Å². The van der Waals surface area contributed by atoms with Crippen LogP contribution >= 0.6 is 23.5 Å². The lowest BCUT2D eigenvalue weighted by atomic mass is 10.2. The van der Waals surface area contributed by atoms with Crippen molar-refractivity contribution in [1.82, 2.24) is 20.2 Å². The predicted octanol–water partition coefficient (Wildman–Crippen LogP) is 1.53. The van der Waals surface area contributed by atoms with Crippen molar-refractivity contribution < 1.29 is 9.53 Å². The minimum absolute atomic E-state index is 0.0847. The molecule has 0 aliphatic carbocycles. The van der Waals surface area contributed by atoms with Gasteiger partial charge in [-0.2, -0.15) is 0 Å². The molecule has 2 rings (SSSR count). The van der Waals surface area contributed by atoms with Crippen LogP contribution in [0.5, 0.6) is 0 Å². The molecular weight excluding hydrogens is 346 g/mol. The highest BCUT2D eigenvalue weighted by molar-refractivity contribution is 8.00. The molecule has 0 bridgehead atoms. The number of hydrogen-bond acceptors (Lipinski definition) is 7. The van der Waals surface area contributed by atoms with Crippen LogP contribution in [0.2, 0.25) is 0 Å². The average Bonchev–Trinajstić information content (AvgIpc) is 2.94. The van der Waals surface area contributed by atoms with Gasteiger partial charge in [-0.3, -0.25) is 4.79 Å². The molecule has 24 heavy (non-hydrogen) atoms. The van der Waals surface area contributed by atoms with E-state index in [-0.39, 0.29) is 11.2 Å². The number of rotatable bonds is 9. The number of thioether (sulfide) groups is 2. The van der Waals surface area contributed by atoms with E-state index in [9.17, 15) is 4.79 Å². The molecule has 0 saturated heterocycles. The van der Waals surface area contributed by atoms with E-state index in [1.54, 1.807) is 14.0 Å². The van der Waals surface area contributed by atoms with Crippen molar-refractivity contribution in [2.24, 2.45) is 0 Å². The second-order valence-electron chi connectivity index (χ2n) is 4.95. The quantitative estimate of drug-likeness (QED) is 0.394. The Morgan fingerprint density at radius 3 is 2.75 bits per heavy atom. The molecule has 0 aliphatic heterocycles. The van der Waals surface area contributed by atoms with Gasteiger partial charge in [-0.25, -0.2) is 4.68 Å². The maximum Gasteiger partial charge on any atom is 0.233 e. The van der Waals surface area contributed by atoms with Crippen molar-refractivity contribution in [1.29, 1.82) is 0 Å². The van der Waals surface area contributed by atoms with Crippen molar-refractivity contribution in [2.45, 2.75) is 28.2 Å². The summed E-state index contributed by atoms with van der Waals surface area (Å²) in [6.07, 6.45) is 0. The average molecular weight is 368 g/mol. The van der Waals surface area contributed by atoms with Gasteiger partial charge >= 0.3 is 0 Å². The van der Waals surface area contributed by atoms with Crippen molar-refractivity contribution >= 4 is 29.4 Å². The normalized spacial score (nSPS) is 12.1. The van der Waals surface area contributed by atoms with E-state index >= 15 is 0 Å². The van der Waals surface area contributed by atoms with Gasteiger partial charge in [0.2, 0.25) is 16.2 Å². The highest BCUT2D eigenvalue weighted by Gasteiger charge is 2.19. The number of nitrogen functional groups attached to an aromatic ring is 1. The largest absolute Gasteiger partial charge is 0.383 e. The molecule has 1 atom stereocenters. The number of benzene rings is 1. The summed E-state index contributed by atoms with van der Waals surface area (Å²) in [5.41, 5.74) is 1.19. The van der Waals surface area contributed by atoms with Crippen molar-refractivity contribution in [3.8, 4) is 0 Å². The van der Waals surface area contributed by atoms with Crippen LogP contribution < -0.4 is 11.2 Å². The zero-order chi connectivity index (χ0) is 17.4. The molecule has 0 spiro atoms. The molecule has 130 valence electrons. The molecule has 1 aromatic heterocycles. The Morgan fingerprint density at radius 1 is 1.33 bits per heavy atom. The number of ether oxygens (including phenoxy) is 1. The summed E-state index contributed by atoms with van der Waals surface area (Å²) in [7, 11) is 1.59. The minimum Gasteiger partial charge on any atom is -0.383 e. The van der Waals surface area contributed by atoms with Crippen LogP contribution in [0.25, 0.3) is 0 Å². The van der Waals surface area contributed by atoms with E-state index in [1.807, 2.05) is 30.3 Å². The Labute approximate surface area is 149 Å². The molecule has 1 aromatic carbocycles. The van der Waals surface area contributed by atoms with Gasteiger partial charge < -0.3 is 15.9 Å². The Morgan fingerprint density at radius 2 is 2.04 bits per heavy atom. The molecule has 0 radical (unpaired) electrons. The van der Waals surface area contributed by atoms with Gasteiger partial charge in [0.1, 0.15) is 0 Å². The van der Waals surface area contributed by atoms with Gasteiger partial charge in [0, 0.05) is 19.4 Å². The number of carbonyl (C=O) groups excluding carboxylic acids is 1. The van der Waals surface area contributed by atoms with E-state index in [0.29, 0.717) is 23.5 Å². The first-order valence-electron chi connectivity index (χ1n) is 7.42. The Bertz CT molecular complexity index is 651. The number of carbonyl (C=O) groups is 1. The molecule has 0 aliphatic rings. The lowest BCUT2D eigenvalue weighted by Crippen LogP contribution is -2.33. The molecule has 9 heteroatoms. The number of methoxy groups -OCH3 is 1. The summed E-state index contributed by atoms with van der Waals surface area (Å²) >= 11 is 2.78. The fourth-order valence-corrected chi connectivity index (χ4v) is 3.46. The Hall–Kier alpha value is -1.71. The SMILES string of the molecule is COCCNC(=O)[C@@H](C)Sc1nnc(SCc2ccccc2)n1N. The fraction of sp³-hybridized carbons (Fsp3) is 0.400. The molecule has 1 heterocycles. The summed E-state index contributed by atoms with van der Waals surface area (Å²) in [5, 5.41) is 11.8. The Balaban J connectivity index is 1.88. The van der Waals surface area contributed by atoms with Gasteiger partial charge in [0.05, 0.1) is 11.9 Å². The van der Waals surface area contributed by atoms with Crippen LogP contribution in [0.1, 0.15) is 12.5 Å².